The van der Waals surface area contributed by atoms with Crippen LogP contribution in [-0.2, 0) is 9.59 Å². The maximum absolute atomic E-state index is 12.1. The van der Waals surface area contributed by atoms with Crippen LogP contribution in [0.1, 0.15) is 44.9 Å². The Bertz CT molecular complexity index is 566. The zero-order valence-electron chi connectivity index (χ0n) is 14.4. The summed E-state index contributed by atoms with van der Waals surface area (Å²) in [6.45, 7) is 0. The number of rotatable bonds is 6. The molecule has 2 amide bonds. The van der Waals surface area contributed by atoms with Crippen LogP contribution in [0, 0.1) is 0 Å². The molecule has 0 radical (unpaired) electrons. The second kappa shape index (κ2) is 9.15. The lowest BCUT2D eigenvalue weighted by atomic mass is 10.1. The number of carbonyl (C=O) groups excluding carboxylic acids is 2. The van der Waals surface area contributed by atoms with Gasteiger partial charge in [-0.05, 0) is 25.0 Å². The van der Waals surface area contributed by atoms with Gasteiger partial charge in [-0.3, -0.25) is 9.59 Å². The molecule has 1 aliphatic rings. The van der Waals surface area contributed by atoms with Crippen LogP contribution in [0.3, 0.4) is 0 Å². The van der Waals surface area contributed by atoms with Gasteiger partial charge >= 0.3 is 0 Å². The van der Waals surface area contributed by atoms with Gasteiger partial charge in [-0.1, -0.05) is 25.7 Å². The molecule has 6 heteroatoms. The molecule has 24 heavy (non-hydrogen) atoms. The van der Waals surface area contributed by atoms with Crippen molar-refractivity contribution in [3.8, 4) is 11.5 Å². The van der Waals surface area contributed by atoms with E-state index < -0.39 is 0 Å². The molecule has 0 heterocycles. The predicted molar refractivity (Wildman–Crippen MR) is 92.4 cm³/mol. The van der Waals surface area contributed by atoms with Crippen molar-refractivity contribution in [1.29, 1.82) is 0 Å². The molecule has 0 spiro atoms. The number of nitrogens with one attached hydrogen (secondary N) is 2. The lowest BCUT2D eigenvalue weighted by molar-refractivity contribution is -0.127. The van der Waals surface area contributed by atoms with Gasteiger partial charge in [0.1, 0.15) is 17.9 Å². The van der Waals surface area contributed by atoms with Gasteiger partial charge in [0.05, 0.1) is 19.9 Å². The number of carbonyl (C=O) groups is 2. The van der Waals surface area contributed by atoms with Gasteiger partial charge in [0.15, 0.2) is 0 Å². The summed E-state index contributed by atoms with van der Waals surface area (Å²) < 4.78 is 10.4. The topological polar surface area (TPSA) is 76.7 Å². The highest BCUT2D eigenvalue weighted by atomic mass is 16.5. The molecule has 1 fully saturated rings. The fraction of sp³-hybridized carbons (Fsp3) is 0.556. The van der Waals surface area contributed by atoms with Crippen LogP contribution in [0.5, 0.6) is 11.5 Å². The van der Waals surface area contributed by atoms with E-state index in [2.05, 4.69) is 10.6 Å². The summed E-state index contributed by atoms with van der Waals surface area (Å²) in [7, 11) is 3.07. The first-order valence-corrected chi connectivity index (χ1v) is 8.43. The van der Waals surface area contributed by atoms with E-state index in [1.807, 2.05) is 0 Å². The monoisotopic (exact) mass is 334 g/mol. The van der Waals surface area contributed by atoms with E-state index in [9.17, 15) is 9.59 Å². The Kier molecular flexibility index (Phi) is 6.90. The summed E-state index contributed by atoms with van der Waals surface area (Å²) in [5.41, 5.74) is 0.490. The van der Waals surface area contributed by atoms with Crippen molar-refractivity contribution in [2.24, 2.45) is 0 Å². The minimum atomic E-state index is -0.368. The van der Waals surface area contributed by atoms with E-state index in [-0.39, 0.29) is 24.3 Å². The molecular weight excluding hydrogens is 308 g/mol. The van der Waals surface area contributed by atoms with Gasteiger partial charge in [0.25, 0.3) is 0 Å². The van der Waals surface area contributed by atoms with Crippen molar-refractivity contribution in [2.45, 2.75) is 51.0 Å². The van der Waals surface area contributed by atoms with Gasteiger partial charge in [0, 0.05) is 12.1 Å². The van der Waals surface area contributed by atoms with Crippen LogP contribution < -0.4 is 20.1 Å². The third-order valence-corrected chi connectivity index (χ3v) is 4.22. The zero-order valence-corrected chi connectivity index (χ0v) is 14.4. The zero-order chi connectivity index (χ0) is 17.4. The second-order valence-electron chi connectivity index (χ2n) is 6.05. The third kappa shape index (κ3) is 5.44. The van der Waals surface area contributed by atoms with Crippen molar-refractivity contribution in [3.63, 3.8) is 0 Å². The molecule has 1 aliphatic carbocycles. The molecule has 1 aromatic rings. The maximum atomic E-state index is 12.1. The summed E-state index contributed by atoms with van der Waals surface area (Å²) >= 11 is 0. The lowest BCUT2D eigenvalue weighted by Crippen LogP contribution is -2.36. The Balaban J connectivity index is 1.89. The highest BCUT2D eigenvalue weighted by Gasteiger charge is 2.17. The summed E-state index contributed by atoms with van der Waals surface area (Å²) in [6.07, 6.45) is 6.52. The van der Waals surface area contributed by atoms with Gasteiger partial charge in [-0.25, -0.2) is 0 Å². The summed E-state index contributed by atoms with van der Waals surface area (Å²) in [5, 5.41) is 5.68. The van der Waals surface area contributed by atoms with Gasteiger partial charge in [-0.2, -0.15) is 0 Å². The number of ether oxygens (including phenoxy) is 2. The number of hydrogen-bond acceptors (Lipinski definition) is 4. The quantitative estimate of drug-likeness (QED) is 0.619. The highest BCUT2D eigenvalue weighted by Crippen LogP contribution is 2.28. The number of hydrogen-bond donors (Lipinski definition) is 2. The first-order chi connectivity index (χ1) is 11.6. The SMILES string of the molecule is COc1ccc(OC)c(NC(=O)CC(=O)NC2CCCCCC2)c1. The molecular formula is C18H26N2O4. The first-order valence-electron chi connectivity index (χ1n) is 8.43. The van der Waals surface area contributed by atoms with Crippen LogP contribution >= 0.6 is 0 Å². The van der Waals surface area contributed by atoms with E-state index in [1.54, 1.807) is 25.3 Å². The van der Waals surface area contributed by atoms with Crippen molar-refractivity contribution in [3.05, 3.63) is 18.2 Å². The van der Waals surface area contributed by atoms with E-state index >= 15 is 0 Å². The molecule has 0 bridgehead atoms. The number of anilines is 1. The Labute approximate surface area is 142 Å². The molecule has 2 N–H and O–H groups in total. The standard InChI is InChI=1S/C18H26N2O4/c1-23-14-9-10-16(24-2)15(11-14)20-18(22)12-17(21)19-13-7-5-3-4-6-8-13/h9-11,13H,3-8,12H2,1-2H3,(H,19,21)(H,20,22). The highest BCUT2D eigenvalue weighted by molar-refractivity contribution is 6.04. The van der Waals surface area contributed by atoms with Crippen molar-refractivity contribution < 1.29 is 19.1 Å². The van der Waals surface area contributed by atoms with E-state index in [1.165, 1.54) is 20.0 Å². The number of benzene rings is 1. The average molecular weight is 334 g/mol. The molecule has 0 aromatic heterocycles. The molecule has 0 atom stereocenters. The third-order valence-electron chi connectivity index (χ3n) is 4.22. The molecule has 6 nitrogen and oxygen atoms in total. The smallest absolute Gasteiger partial charge is 0.233 e. The Morgan fingerprint density at radius 1 is 1.04 bits per heavy atom. The predicted octanol–water partition coefficient (Wildman–Crippen LogP) is 2.87. The summed E-state index contributed by atoms with van der Waals surface area (Å²) in [5.74, 6) is 0.524. The Morgan fingerprint density at radius 2 is 1.75 bits per heavy atom. The minimum absolute atomic E-state index is 0.194. The maximum Gasteiger partial charge on any atom is 0.233 e. The van der Waals surface area contributed by atoms with Gasteiger partial charge < -0.3 is 20.1 Å². The number of methoxy groups -OCH3 is 2. The lowest BCUT2D eigenvalue weighted by Gasteiger charge is -2.16. The molecule has 1 aromatic carbocycles. The largest absolute Gasteiger partial charge is 0.497 e. The van der Waals surface area contributed by atoms with Crippen molar-refractivity contribution in [1.82, 2.24) is 5.32 Å². The van der Waals surface area contributed by atoms with Crippen molar-refractivity contribution >= 4 is 17.5 Å². The molecule has 1 saturated carbocycles. The van der Waals surface area contributed by atoms with Crippen LogP contribution in [0.15, 0.2) is 18.2 Å². The van der Waals surface area contributed by atoms with Crippen LogP contribution in [0.2, 0.25) is 0 Å². The minimum Gasteiger partial charge on any atom is -0.497 e. The fourth-order valence-electron chi connectivity index (χ4n) is 2.95. The molecule has 132 valence electrons. The van der Waals surface area contributed by atoms with E-state index in [0.717, 1.165) is 25.7 Å². The molecule has 2 rings (SSSR count). The molecule has 0 aliphatic heterocycles. The second-order valence-corrected chi connectivity index (χ2v) is 6.05. The fourth-order valence-corrected chi connectivity index (χ4v) is 2.95. The van der Waals surface area contributed by atoms with E-state index in [0.29, 0.717) is 17.2 Å². The average Bonchev–Trinajstić information content (AvgIpc) is 2.83. The van der Waals surface area contributed by atoms with Crippen LogP contribution in [0.25, 0.3) is 0 Å². The van der Waals surface area contributed by atoms with Crippen molar-refractivity contribution in [2.75, 3.05) is 19.5 Å². The Morgan fingerprint density at radius 3 is 2.38 bits per heavy atom. The normalized spacial score (nSPS) is 15.2. The molecule has 0 saturated heterocycles. The van der Waals surface area contributed by atoms with Crippen LogP contribution in [0.4, 0.5) is 5.69 Å². The Hall–Kier alpha value is -2.24. The number of amides is 2. The van der Waals surface area contributed by atoms with Gasteiger partial charge in [0.2, 0.25) is 11.8 Å². The molecule has 0 unspecified atom stereocenters. The summed E-state index contributed by atoms with van der Waals surface area (Å²) in [6, 6.07) is 5.31. The first kappa shape index (κ1) is 18.1. The van der Waals surface area contributed by atoms with Crippen LogP contribution in [-0.4, -0.2) is 32.1 Å². The summed E-state index contributed by atoms with van der Waals surface area (Å²) in [4.78, 5) is 24.2. The van der Waals surface area contributed by atoms with Gasteiger partial charge in [-0.15, -0.1) is 0 Å². The van der Waals surface area contributed by atoms with E-state index in [4.69, 9.17) is 9.47 Å².